The largest absolute Gasteiger partial charge is 0.497 e. The summed E-state index contributed by atoms with van der Waals surface area (Å²) >= 11 is 0. The lowest BCUT2D eigenvalue weighted by atomic mass is 10.2. The number of sulfonamides is 1. The van der Waals surface area contributed by atoms with Crippen molar-refractivity contribution in [2.24, 2.45) is 0 Å². The first-order valence-electron chi connectivity index (χ1n) is 7.54. The molecule has 8 nitrogen and oxygen atoms in total. The molecular formula is C16H21N3O5S. The van der Waals surface area contributed by atoms with Crippen LogP contribution in [0.4, 0.5) is 0 Å². The Hall–Kier alpha value is -2.39. The van der Waals surface area contributed by atoms with Crippen LogP contribution in [-0.4, -0.2) is 44.5 Å². The Bertz CT molecular complexity index is 824. The van der Waals surface area contributed by atoms with E-state index in [-0.39, 0.29) is 22.9 Å². The van der Waals surface area contributed by atoms with Crippen molar-refractivity contribution >= 4 is 15.9 Å². The third-order valence-electron chi connectivity index (χ3n) is 3.65. The van der Waals surface area contributed by atoms with Crippen molar-refractivity contribution in [2.45, 2.75) is 25.3 Å². The molecule has 25 heavy (non-hydrogen) atoms. The van der Waals surface area contributed by atoms with E-state index in [1.807, 2.05) is 12.1 Å². The van der Waals surface area contributed by atoms with E-state index < -0.39 is 15.9 Å². The fraction of sp³-hybridized carbons (Fsp3) is 0.375. The van der Waals surface area contributed by atoms with Crippen molar-refractivity contribution < 1.29 is 22.5 Å². The number of ether oxygens (including phenoxy) is 1. The van der Waals surface area contributed by atoms with E-state index in [4.69, 9.17) is 9.26 Å². The van der Waals surface area contributed by atoms with Crippen LogP contribution in [0.5, 0.6) is 5.75 Å². The lowest BCUT2D eigenvalue weighted by Crippen LogP contribution is -2.38. The second-order valence-corrected chi connectivity index (χ2v) is 7.52. The van der Waals surface area contributed by atoms with Gasteiger partial charge in [-0.1, -0.05) is 17.3 Å². The number of rotatable bonds is 7. The van der Waals surface area contributed by atoms with Gasteiger partial charge in [-0.05, 0) is 31.5 Å². The van der Waals surface area contributed by atoms with Crippen LogP contribution in [0.1, 0.15) is 17.0 Å². The normalized spacial score (nSPS) is 11.6. The molecule has 136 valence electrons. The highest BCUT2D eigenvalue weighted by Crippen LogP contribution is 2.22. The van der Waals surface area contributed by atoms with Gasteiger partial charge in [0.1, 0.15) is 16.3 Å². The summed E-state index contributed by atoms with van der Waals surface area (Å²) in [5.41, 5.74) is 1.15. The molecule has 0 spiro atoms. The topological polar surface area (TPSA) is 102 Å². The van der Waals surface area contributed by atoms with Gasteiger partial charge in [0, 0.05) is 13.6 Å². The number of likely N-dealkylation sites (N-methyl/N-ethyl adjacent to an activating group) is 1. The molecule has 0 saturated carbocycles. The quantitative estimate of drug-likeness (QED) is 0.790. The summed E-state index contributed by atoms with van der Waals surface area (Å²) < 4.78 is 36.0. The predicted molar refractivity (Wildman–Crippen MR) is 90.6 cm³/mol. The molecule has 1 aromatic carbocycles. The summed E-state index contributed by atoms with van der Waals surface area (Å²) in [5, 5.41) is 6.33. The highest BCUT2D eigenvalue weighted by molar-refractivity contribution is 7.89. The molecule has 9 heteroatoms. The number of carbonyl (C=O) groups is 1. The maximum absolute atomic E-state index is 12.5. The fourth-order valence-electron chi connectivity index (χ4n) is 2.29. The van der Waals surface area contributed by atoms with Gasteiger partial charge in [0.05, 0.1) is 13.7 Å². The monoisotopic (exact) mass is 367 g/mol. The van der Waals surface area contributed by atoms with Crippen LogP contribution in [0.15, 0.2) is 33.7 Å². The number of benzene rings is 1. The Kier molecular flexibility index (Phi) is 5.81. The predicted octanol–water partition coefficient (Wildman–Crippen LogP) is 1.24. The maximum Gasteiger partial charge on any atom is 0.248 e. The van der Waals surface area contributed by atoms with Gasteiger partial charge in [-0.25, -0.2) is 8.42 Å². The number of amides is 1. The van der Waals surface area contributed by atoms with Gasteiger partial charge < -0.3 is 14.6 Å². The minimum Gasteiger partial charge on any atom is -0.497 e. The van der Waals surface area contributed by atoms with Gasteiger partial charge in [-0.3, -0.25) is 4.79 Å². The Morgan fingerprint density at radius 2 is 1.92 bits per heavy atom. The van der Waals surface area contributed by atoms with Crippen LogP contribution in [0.3, 0.4) is 0 Å². The van der Waals surface area contributed by atoms with Gasteiger partial charge in [0.25, 0.3) is 0 Å². The average Bonchev–Trinajstić information content (AvgIpc) is 2.92. The zero-order valence-corrected chi connectivity index (χ0v) is 15.4. The number of carbonyl (C=O) groups excluding carboxylic acids is 1. The van der Waals surface area contributed by atoms with Crippen LogP contribution in [0, 0.1) is 13.8 Å². The van der Waals surface area contributed by atoms with Crippen LogP contribution in [-0.2, 0) is 21.4 Å². The lowest BCUT2D eigenvalue weighted by Gasteiger charge is -2.16. The van der Waals surface area contributed by atoms with Gasteiger partial charge >= 0.3 is 0 Å². The van der Waals surface area contributed by atoms with Crippen molar-refractivity contribution in [2.75, 3.05) is 20.7 Å². The number of aryl methyl sites for hydroxylation is 2. The average molecular weight is 367 g/mol. The minimum atomic E-state index is -3.84. The second kappa shape index (κ2) is 7.66. The molecule has 0 bridgehead atoms. The van der Waals surface area contributed by atoms with Crippen molar-refractivity contribution in [1.82, 2.24) is 14.8 Å². The highest BCUT2D eigenvalue weighted by atomic mass is 32.2. The number of aromatic nitrogens is 1. The summed E-state index contributed by atoms with van der Waals surface area (Å²) in [4.78, 5) is 12.1. The maximum atomic E-state index is 12.5. The molecule has 0 atom stereocenters. The fourth-order valence-corrected chi connectivity index (χ4v) is 3.70. The number of nitrogens with one attached hydrogen (secondary N) is 1. The van der Waals surface area contributed by atoms with Gasteiger partial charge in [0.2, 0.25) is 15.9 Å². The van der Waals surface area contributed by atoms with Crippen molar-refractivity contribution in [3.05, 3.63) is 41.3 Å². The molecule has 1 N–H and O–H groups in total. The second-order valence-electron chi connectivity index (χ2n) is 5.54. The Morgan fingerprint density at radius 1 is 1.28 bits per heavy atom. The standard InChI is InChI=1S/C16H21N3O5S/c1-11-16(12(2)24-18-11)25(21,22)19(3)10-15(20)17-9-13-5-7-14(23-4)8-6-13/h5-8H,9-10H2,1-4H3,(H,17,20). The van der Waals surface area contributed by atoms with Crippen molar-refractivity contribution in [1.29, 1.82) is 0 Å². The third kappa shape index (κ3) is 4.37. The Labute approximate surface area is 146 Å². The first-order chi connectivity index (χ1) is 11.8. The van der Waals surface area contributed by atoms with Gasteiger partial charge in [-0.15, -0.1) is 0 Å². The van der Waals surface area contributed by atoms with E-state index in [1.165, 1.54) is 14.0 Å². The molecule has 2 aromatic rings. The summed E-state index contributed by atoms with van der Waals surface area (Å²) in [6.07, 6.45) is 0. The van der Waals surface area contributed by atoms with E-state index in [0.29, 0.717) is 6.54 Å². The van der Waals surface area contributed by atoms with Crippen LogP contribution >= 0.6 is 0 Å². The summed E-state index contributed by atoms with van der Waals surface area (Å²) in [6, 6.07) is 7.22. The van der Waals surface area contributed by atoms with Gasteiger partial charge in [-0.2, -0.15) is 4.31 Å². The van der Waals surface area contributed by atoms with E-state index in [0.717, 1.165) is 15.6 Å². The number of methoxy groups -OCH3 is 1. The summed E-state index contributed by atoms with van der Waals surface area (Å²) in [6.45, 7) is 3.05. The first kappa shape index (κ1) is 18.9. The summed E-state index contributed by atoms with van der Waals surface area (Å²) in [5.74, 6) is 0.511. The Balaban J connectivity index is 1.97. The molecule has 0 aliphatic heterocycles. The number of hydrogen-bond donors (Lipinski definition) is 1. The van der Waals surface area contributed by atoms with Gasteiger partial charge in [0.15, 0.2) is 5.76 Å². The van der Waals surface area contributed by atoms with Crippen LogP contribution in [0.25, 0.3) is 0 Å². The molecule has 1 amide bonds. The zero-order valence-electron chi connectivity index (χ0n) is 14.6. The van der Waals surface area contributed by atoms with Crippen LogP contribution < -0.4 is 10.1 Å². The van der Waals surface area contributed by atoms with Crippen LogP contribution in [0.2, 0.25) is 0 Å². The molecule has 2 rings (SSSR count). The molecule has 0 unspecified atom stereocenters. The third-order valence-corrected chi connectivity index (χ3v) is 5.70. The van der Waals surface area contributed by atoms with E-state index >= 15 is 0 Å². The first-order valence-corrected chi connectivity index (χ1v) is 8.98. The van der Waals surface area contributed by atoms with E-state index in [2.05, 4.69) is 10.5 Å². The molecule has 0 fully saturated rings. The van der Waals surface area contributed by atoms with E-state index in [9.17, 15) is 13.2 Å². The SMILES string of the molecule is COc1ccc(CNC(=O)CN(C)S(=O)(=O)c2c(C)noc2C)cc1. The zero-order chi connectivity index (χ0) is 18.6. The molecule has 0 aliphatic carbocycles. The van der Waals surface area contributed by atoms with Crippen molar-refractivity contribution in [3.8, 4) is 5.75 Å². The Morgan fingerprint density at radius 3 is 2.44 bits per heavy atom. The molecule has 1 heterocycles. The lowest BCUT2D eigenvalue weighted by molar-refractivity contribution is -0.121. The van der Waals surface area contributed by atoms with Crippen molar-refractivity contribution in [3.63, 3.8) is 0 Å². The number of hydrogen-bond acceptors (Lipinski definition) is 6. The molecule has 0 aliphatic rings. The van der Waals surface area contributed by atoms with E-state index in [1.54, 1.807) is 26.2 Å². The minimum absolute atomic E-state index is 0.00189. The molecular weight excluding hydrogens is 346 g/mol. The number of nitrogens with zero attached hydrogens (tertiary/aromatic N) is 2. The highest BCUT2D eigenvalue weighted by Gasteiger charge is 2.29. The smallest absolute Gasteiger partial charge is 0.248 e. The molecule has 1 aromatic heterocycles. The molecule has 0 radical (unpaired) electrons. The molecule has 0 saturated heterocycles. The summed E-state index contributed by atoms with van der Waals surface area (Å²) in [7, 11) is -0.927.